The Morgan fingerprint density at radius 1 is 1.36 bits per heavy atom. The molecule has 0 saturated heterocycles. The van der Waals surface area contributed by atoms with Gasteiger partial charge in [0.15, 0.2) is 5.76 Å². The molecule has 2 rings (SSSR count). The summed E-state index contributed by atoms with van der Waals surface area (Å²) in [5, 5.41) is 3.37. The van der Waals surface area contributed by atoms with Gasteiger partial charge in [-0.25, -0.2) is 0 Å². The second-order valence-corrected chi connectivity index (χ2v) is 5.89. The van der Waals surface area contributed by atoms with Gasteiger partial charge in [-0.15, -0.1) is 0 Å². The van der Waals surface area contributed by atoms with Crippen molar-refractivity contribution in [3.05, 3.63) is 27.9 Å². The Morgan fingerprint density at radius 3 is 2.64 bits per heavy atom. The van der Waals surface area contributed by atoms with E-state index in [4.69, 9.17) is 15.9 Å². The van der Waals surface area contributed by atoms with Gasteiger partial charge in [0.1, 0.15) is 5.58 Å². The van der Waals surface area contributed by atoms with Gasteiger partial charge >= 0.3 is 0 Å². The van der Waals surface area contributed by atoms with E-state index in [0.29, 0.717) is 28.5 Å². The second kappa shape index (κ2) is 6.37. The van der Waals surface area contributed by atoms with Gasteiger partial charge < -0.3 is 26.1 Å². The number of rotatable bonds is 5. The van der Waals surface area contributed by atoms with Crippen molar-refractivity contribution in [2.75, 3.05) is 32.9 Å². The first-order valence-electron chi connectivity index (χ1n) is 6.55. The van der Waals surface area contributed by atoms with Crippen molar-refractivity contribution in [2.24, 2.45) is 5.73 Å². The minimum atomic E-state index is -0.682. The number of halogens is 1. The standard InChI is InChI=1S/C14H17BrN4O3/c1-19(2)4-3-18-14(21)8-6-9-7(11(15)12(8)16)5-10(22-9)13(17)20/h5-6H,3-4,16H2,1-2H3,(H2,17,20)(H,18,21). The predicted molar refractivity (Wildman–Crippen MR) is 87.7 cm³/mol. The molecule has 5 N–H and O–H groups in total. The molecular formula is C14H17BrN4O3. The number of anilines is 1. The van der Waals surface area contributed by atoms with Gasteiger partial charge in [-0.05, 0) is 42.2 Å². The molecule has 1 aromatic carbocycles. The van der Waals surface area contributed by atoms with Crippen LogP contribution in [0.5, 0.6) is 0 Å². The highest BCUT2D eigenvalue weighted by molar-refractivity contribution is 9.10. The van der Waals surface area contributed by atoms with E-state index in [2.05, 4.69) is 21.2 Å². The largest absolute Gasteiger partial charge is 0.451 e. The highest BCUT2D eigenvalue weighted by Gasteiger charge is 2.19. The van der Waals surface area contributed by atoms with Gasteiger partial charge in [0.05, 0.1) is 15.7 Å². The van der Waals surface area contributed by atoms with Crippen LogP contribution in [0.3, 0.4) is 0 Å². The molecule has 2 amide bonds. The molecule has 0 aliphatic carbocycles. The van der Waals surface area contributed by atoms with E-state index in [-0.39, 0.29) is 22.9 Å². The number of amides is 2. The summed E-state index contributed by atoms with van der Waals surface area (Å²) >= 11 is 3.33. The summed E-state index contributed by atoms with van der Waals surface area (Å²) in [5.74, 6) is -0.974. The molecule has 0 bridgehead atoms. The smallest absolute Gasteiger partial charge is 0.284 e. The third kappa shape index (κ3) is 3.23. The van der Waals surface area contributed by atoms with Crippen LogP contribution in [0.1, 0.15) is 20.9 Å². The molecule has 0 fully saturated rings. The molecule has 1 heterocycles. The zero-order chi connectivity index (χ0) is 16.4. The maximum absolute atomic E-state index is 12.2. The van der Waals surface area contributed by atoms with Crippen LogP contribution in [0.25, 0.3) is 11.0 Å². The van der Waals surface area contributed by atoms with Crippen LogP contribution in [-0.4, -0.2) is 43.9 Å². The molecule has 0 aliphatic heterocycles. The van der Waals surface area contributed by atoms with Gasteiger partial charge in [-0.1, -0.05) is 0 Å². The molecule has 0 radical (unpaired) electrons. The fourth-order valence-electron chi connectivity index (χ4n) is 1.95. The average Bonchev–Trinajstić information content (AvgIpc) is 2.86. The van der Waals surface area contributed by atoms with Crippen LogP contribution >= 0.6 is 15.9 Å². The average molecular weight is 369 g/mol. The van der Waals surface area contributed by atoms with Gasteiger partial charge in [0.25, 0.3) is 11.8 Å². The minimum Gasteiger partial charge on any atom is -0.451 e. The molecule has 0 saturated carbocycles. The number of primary amides is 1. The van der Waals surface area contributed by atoms with Crippen LogP contribution in [0.2, 0.25) is 0 Å². The topological polar surface area (TPSA) is 115 Å². The summed E-state index contributed by atoms with van der Waals surface area (Å²) in [4.78, 5) is 25.4. The van der Waals surface area contributed by atoms with E-state index in [1.54, 1.807) is 0 Å². The first-order valence-corrected chi connectivity index (χ1v) is 7.34. The molecule has 8 heteroatoms. The molecule has 22 heavy (non-hydrogen) atoms. The van der Waals surface area contributed by atoms with Crippen molar-refractivity contribution >= 4 is 44.4 Å². The van der Waals surface area contributed by atoms with E-state index in [9.17, 15) is 9.59 Å². The van der Waals surface area contributed by atoms with E-state index in [1.165, 1.54) is 12.1 Å². The van der Waals surface area contributed by atoms with Gasteiger partial charge in [-0.2, -0.15) is 0 Å². The molecule has 0 unspecified atom stereocenters. The molecule has 7 nitrogen and oxygen atoms in total. The Hall–Kier alpha value is -2.06. The number of likely N-dealkylation sites (N-methyl/N-ethyl adjacent to an activating group) is 1. The van der Waals surface area contributed by atoms with Crippen molar-refractivity contribution in [1.82, 2.24) is 10.2 Å². The molecule has 0 spiro atoms. The number of fused-ring (bicyclic) bond motifs is 1. The second-order valence-electron chi connectivity index (χ2n) is 5.10. The normalized spacial score (nSPS) is 11.1. The van der Waals surface area contributed by atoms with Crippen molar-refractivity contribution in [1.29, 1.82) is 0 Å². The highest BCUT2D eigenvalue weighted by atomic mass is 79.9. The number of nitrogens with one attached hydrogen (secondary N) is 1. The Balaban J connectivity index is 2.36. The highest BCUT2D eigenvalue weighted by Crippen LogP contribution is 2.34. The Bertz CT molecular complexity index is 739. The molecule has 118 valence electrons. The fraction of sp³-hybridized carbons (Fsp3) is 0.286. The summed E-state index contributed by atoms with van der Waals surface area (Å²) in [6.45, 7) is 1.20. The number of furan rings is 1. The van der Waals surface area contributed by atoms with Gasteiger partial charge in [0.2, 0.25) is 0 Å². The van der Waals surface area contributed by atoms with Crippen LogP contribution in [0.4, 0.5) is 5.69 Å². The van der Waals surface area contributed by atoms with E-state index >= 15 is 0 Å². The Labute approximate surface area is 135 Å². The molecule has 2 aromatic rings. The number of nitrogens with two attached hydrogens (primary N) is 2. The zero-order valence-electron chi connectivity index (χ0n) is 12.3. The third-order valence-corrected chi connectivity index (χ3v) is 3.99. The van der Waals surface area contributed by atoms with Crippen molar-refractivity contribution < 1.29 is 14.0 Å². The van der Waals surface area contributed by atoms with Crippen molar-refractivity contribution in [3.8, 4) is 0 Å². The number of carbonyl (C=O) groups is 2. The lowest BCUT2D eigenvalue weighted by Gasteiger charge is -2.12. The summed E-state index contributed by atoms with van der Waals surface area (Å²) in [6, 6.07) is 3.00. The van der Waals surface area contributed by atoms with E-state index in [1.807, 2.05) is 19.0 Å². The number of hydrogen-bond donors (Lipinski definition) is 3. The maximum atomic E-state index is 12.2. The predicted octanol–water partition coefficient (Wildman–Crippen LogP) is 1.17. The van der Waals surface area contributed by atoms with Crippen LogP contribution in [0.15, 0.2) is 21.0 Å². The number of benzene rings is 1. The number of nitrogens with zero attached hydrogens (tertiary/aromatic N) is 1. The first kappa shape index (κ1) is 16.3. The first-order chi connectivity index (χ1) is 10.3. The summed E-state index contributed by atoms with van der Waals surface area (Å²) in [5.41, 5.74) is 12.1. The third-order valence-electron chi connectivity index (χ3n) is 3.13. The summed E-state index contributed by atoms with van der Waals surface area (Å²) in [7, 11) is 3.83. The molecule has 1 aromatic heterocycles. The lowest BCUT2D eigenvalue weighted by atomic mass is 10.1. The zero-order valence-corrected chi connectivity index (χ0v) is 13.9. The van der Waals surface area contributed by atoms with E-state index < -0.39 is 5.91 Å². The van der Waals surface area contributed by atoms with Crippen molar-refractivity contribution in [3.63, 3.8) is 0 Å². The Morgan fingerprint density at radius 2 is 2.05 bits per heavy atom. The molecular weight excluding hydrogens is 352 g/mol. The van der Waals surface area contributed by atoms with Gasteiger partial charge in [0, 0.05) is 18.5 Å². The van der Waals surface area contributed by atoms with Crippen molar-refractivity contribution in [2.45, 2.75) is 0 Å². The van der Waals surface area contributed by atoms with E-state index in [0.717, 1.165) is 0 Å². The SMILES string of the molecule is CN(C)CCNC(=O)c1cc2oc(C(N)=O)cc2c(Br)c1N. The maximum Gasteiger partial charge on any atom is 0.284 e. The number of nitrogen functional groups attached to an aromatic ring is 1. The lowest BCUT2D eigenvalue weighted by Crippen LogP contribution is -2.31. The van der Waals surface area contributed by atoms with Gasteiger partial charge in [-0.3, -0.25) is 9.59 Å². The fourth-order valence-corrected chi connectivity index (χ4v) is 2.48. The molecule has 0 aliphatic rings. The van der Waals surface area contributed by atoms with Crippen LogP contribution in [0, 0.1) is 0 Å². The molecule has 0 atom stereocenters. The lowest BCUT2D eigenvalue weighted by molar-refractivity contribution is 0.0950. The van der Waals surface area contributed by atoms with Crippen LogP contribution < -0.4 is 16.8 Å². The number of hydrogen-bond acceptors (Lipinski definition) is 5. The summed E-state index contributed by atoms with van der Waals surface area (Å²) < 4.78 is 5.85. The number of carbonyl (C=O) groups excluding carboxylic acids is 2. The summed E-state index contributed by atoms with van der Waals surface area (Å²) in [6.07, 6.45) is 0. The monoisotopic (exact) mass is 368 g/mol. The quantitative estimate of drug-likeness (QED) is 0.685. The Kier molecular flexibility index (Phi) is 4.72. The van der Waals surface area contributed by atoms with Crippen LogP contribution in [-0.2, 0) is 0 Å². The minimum absolute atomic E-state index is 0.0141.